The van der Waals surface area contributed by atoms with Crippen molar-refractivity contribution in [3.05, 3.63) is 104 Å². The second kappa shape index (κ2) is 19.9. The molecule has 12 nitrogen and oxygen atoms in total. The molecule has 0 saturated heterocycles. The number of aliphatic hydroxyl groups is 1. The second-order valence-corrected chi connectivity index (χ2v) is 13.7. The summed E-state index contributed by atoms with van der Waals surface area (Å²) in [6.45, 7) is 3.51. The van der Waals surface area contributed by atoms with Crippen molar-refractivity contribution in [2.45, 2.75) is 32.0 Å². The summed E-state index contributed by atoms with van der Waals surface area (Å²) in [5, 5.41) is 31.2. The van der Waals surface area contributed by atoms with Crippen LogP contribution in [0.4, 0.5) is 19.3 Å². The fraction of sp³-hybridized carbons (Fsp3) is 0.297. The Morgan fingerprint density at radius 2 is 1.91 bits per heavy atom. The van der Waals surface area contributed by atoms with Crippen molar-refractivity contribution >= 4 is 65.8 Å². The van der Waals surface area contributed by atoms with Gasteiger partial charge in [0.15, 0.2) is 11.9 Å². The van der Waals surface area contributed by atoms with E-state index in [0.29, 0.717) is 28.4 Å². The van der Waals surface area contributed by atoms with E-state index in [1.807, 2.05) is 6.92 Å². The highest BCUT2D eigenvalue weighted by atomic mass is 35.5. The topological polar surface area (TPSA) is 150 Å². The van der Waals surface area contributed by atoms with Gasteiger partial charge in [0, 0.05) is 33.0 Å². The van der Waals surface area contributed by atoms with Crippen molar-refractivity contribution in [3.63, 3.8) is 0 Å². The van der Waals surface area contributed by atoms with Crippen LogP contribution < -0.4 is 17.7 Å². The maximum absolute atomic E-state index is 15.5. The summed E-state index contributed by atoms with van der Waals surface area (Å²) in [7, 11) is 1.78. The first-order valence-electron chi connectivity index (χ1n) is 16.5. The molecule has 2 N–H and O–H groups in total. The largest absolute Gasteiger partial charge is 1.00 e. The first-order chi connectivity index (χ1) is 25.4. The van der Waals surface area contributed by atoms with Crippen LogP contribution in [0.25, 0.3) is 11.3 Å². The molecular formula is C37H38Cl3F2N7O5S. The number of benzene rings is 3. The van der Waals surface area contributed by atoms with E-state index in [0.717, 1.165) is 23.8 Å². The van der Waals surface area contributed by atoms with Gasteiger partial charge in [-0.3, -0.25) is 15.0 Å². The Hall–Kier alpha value is -4.53. The highest BCUT2D eigenvalue weighted by molar-refractivity contribution is 7.10. The first kappa shape index (κ1) is 44.9. The molecule has 0 bridgehead atoms. The lowest BCUT2D eigenvalue weighted by Gasteiger charge is -2.38. The number of nitrogens with one attached hydrogen (secondary N) is 1. The molecule has 0 spiro atoms. The summed E-state index contributed by atoms with van der Waals surface area (Å²) < 4.78 is 40.6. The van der Waals surface area contributed by atoms with E-state index in [9.17, 15) is 19.1 Å². The Morgan fingerprint density at radius 1 is 1.16 bits per heavy atom. The number of halogens is 5. The molecule has 55 heavy (non-hydrogen) atoms. The molecule has 18 heteroatoms. The molecular weight excluding hydrogens is 799 g/mol. The Bertz CT molecular complexity index is 2050. The number of amides is 1. The third-order valence-corrected chi connectivity index (χ3v) is 10.2. The number of quaternary nitrogens is 1. The molecule has 1 unspecified atom stereocenters. The molecule has 0 aliphatic carbocycles. The van der Waals surface area contributed by atoms with Gasteiger partial charge in [-0.05, 0) is 56.1 Å². The molecule has 1 aromatic heterocycles. The average molecular weight is 837 g/mol. The SMILES string of the molecule is CCN(C)CC(=O)OCc1c(Cl)cccc1NC(=O)OCC[N+]1(C[C@](O)(c2cc(F)ccc2F)[C@@H](C)c2nc(-c3ccc(C#N)cc3)cs2)C=NC=N1.Cl.[Cl-]. The minimum atomic E-state index is -2.10. The molecule has 2 heterocycles. The summed E-state index contributed by atoms with van der Waals surface area (Å²) in [5.74, 6) is -2.94. The average Bonchev–Trinajstić information content (AvgIpc) is 3.82. The molecule has 4 aromatic rings. The maximum Gasteiger partial charge on any atom is 0.411 e. The second-order valence-electron chi connectivity index (χ2n) is 12.4. The lowest BCUT2D eigenvalue weighted by Crippen LogP contribution is -3.00. The molecule has 0 fully saturated rings. The van der Waals surface area contributed by atoms with Gasteiger partial charge in [-0.25, -0.2) is 18.6 Å². The predicted octanol–water partition coefficient (Wildman–Crippen LogP) is 4.08. The van der Waals surface area contributed by atoms with Gasteiger partial charge < -0.3 is 27.0 Å². The van der Waals surface area contributed by atoms with Crippen molar-refractivity contribution in [1.82, 2.24) is 9.88 Å². The van der Waals surface area contributed by atoms with E-state index in [-0.39, 0.29) is 73.9 Å². The van der Waals surface area contributed by atoms with Crippen LogP contribution in [0.3, 0.4) is 0 Å². The number of hydrogen-bond donors (Lipinski definition) is 2. The standard InChI is InChI=1S/C37H36ClF2N7O5S.2ClH/c1-4-46(3)18-34(48)52-19-28-30(38)6-5-7-32(28)45-36(49)51-15-14-47(23-42-22-43-47)21-37(50,29-16-27(39)12-13-31(29)40)24(2)35-44-33(20-53-35)26-10-8-25(17-41)9-11-26;;/h5-13,16,20,22-24,50H,4,14-15,18-19,21H2,1-3H3;2*1H/t24-,37+,47?;;/m0../s1. The third-order valence-electron chi connectivity index (χ3n) is 8.84. The molecule has 1 aliphatic rings. The number of hydrogen-bond acceptors (Lipinski definition) is 11. The van der Waals surface area contributed by atoms with E-state index < -0.39 is 39.8 Å². The summed E-state index contributed by atoms with van der Waals surface area (Å²) in [5.41, 5.74) is 0.0532. The summed E-state index contributed by atoms with van der Waals surface area (Å²) in [6, 6.07) is 16.6. The van der Waals surface area contributed by atoms with Gasteiger partial charge in [0.1, 0.15) is 37.9 Å². The van der Waals surface area contributed by atoms with Crippen molar-refractivity contribution in [3.8, 4) is 17.3 Å². The van der Waals surface area contributed by atoms with Crippen LogP contribution in [0, 0.1) is 23.0 Å². The number of anilines is 1. The van der Waals surface area contributed by atoms with Gasteiger partial charge in [-0.15, -0.1) is 28.3 Å². The first-order valence-corrected chi connectivity index (χ1v) is 17.8. The highest BCUT2D eigenvalue weighted by Crippen LogP contribution is 2.42. The van der Waals surface area contributed by atoms with Crippen LogP contribution >= 0.6 is 35.3 Å². The number of nitrogens with zero attached hydrogens (tertiary/aromatic N) is 6. The van der Waals surface area contributed by atoms with Gasteiger partial charge in [0.25, 0.3) is 0 Å². The molecule has 0 saturated carbocycles. The molecule has 0 radical (unpaired) electrons. The number of aliphatic imine (C=N–C) groups is 1. The number of thiazole rings is 1. The molecule has 3 aromatic carbocycles. The fourth-order valence-corrected chi connectivity index (χ4v) is 6.83. The van der Waals surface area contributed by atoms with Crippen molar-refractivity contribution in [2.75, 3.05) is 45.2 Å². The Labute approximate surface area is 338 Å². The quantitative estimate of drug-likeness (QED) is 0.135. The molecule has 292 valence electrons. The summed E-state index contributed by atoms with van der Waals surface area (Å²) in [4.78, 5) is 35.8. The number of rotatable bonds is 15. The van der Waals surface area contributed by atoms with E-state index in [1.165, 1.54) is 24.0 Å². The summed E-state index contributed by atoms with van der Waals surface area (Å²) >= 11 is 7.61. The summed E-state index contributed by atoms with van der Waals surface area (Å²) in [6.07, 6.45) is 1.83. The number of likely N-dealkylation sites (N-methyl/N-ethyl adjacent to an activating group) is 1. The lowest BCUT2D eigenvalue weighted by molar-refractivity contribution is -0.848. The maximum atomic E-state index is 15.5. The van der Waals surface area contributed by atoms with E-state index in [4.69, 9.17) is 31.3 Å². The van der Waals surface area contributed by atoms with Crippen LogP contribution in [-0.2, 0) is 26.5 Å². The van der Waals surface area contributed by atoms with Gasteiger partial charge in [0.05, 0.1) is 34.6 Å². The van der Waals surface area contributed by atoms with E-state index >= 15 is 4.39 Å². The molecule has 1 amide bonds. The lowest BCUT2D eigenvalue weighted by atomic mass is 9.81. The highest BCUT2D eigenvalue weighted by Gasteiger charge is 2.49. The van der Waals surface area contributed by atoms with Crippen LogP contribution in [-0.4, -0.2) is 84.2 Å². The Kier molecular flexibility index (Phi) is 16.2. The van der Waals surface area contributed by atoms with Gasteiger partial charge in [-0.1, -0.05) is 48.7 Å². The number of nitriles is 1. The van der Waals surface area contributed by atoms with Crippen LogP contribution in [0.2, 0.25) is 5.02 Å². The van der Waals surface area contributed by atoms with E-state index in [2.05, 4.69) is 21.5 Å². The number of carbonyl (C=O) groups is 2. The Balaban J connectivity index is 0.00000406. The smallest absolute Gasteiger partial charge is 0.411 e. The number of ether oxygens (including phenoxy) is 2. The van der Waals surface area contributed by atoms with E-state index in [1.54, 1.807) is 66.7 Å². The third kappa shape index (κ3) is 11.0. The minimum Gasteiger partial charge on any atom is -1.00 e. The zero-order valence-corrected chi connectivity index (χ0v) is 33.1. The number of aromatic nitrogens is 1. The Morgan fingerprint density at radius 3 is 2.58 bits per heavy atom. The predicted molar refractivity (Wildman–Crippen MR) is 205 cm³/mol. The van der Waals surface area contributed by atoms with Gasteiger partial charge >= 0.3 is 12.1 Å². The number of carbonyl (C=O) groups excluding carboxylic acids is 2. The monoisotopic (exact) mass is 835 g/mol. The zero-order valence-electron chi connectivity index (χ0n) is 29.9. The number of esters is 1. The normalized spacial score (nSPS) is 16.0. The van der Waals surface area contributed by atoms with Crippen LogP contribution in [0.15, 0.2) is 76.1 Å². The molecule has 1 aliphatic heterocycles. The molecule has 3 atom stereocenters. The van der Waals surface area contributed by atoms with Crippen LogP contribution in [0.1, 0.15) is 41.5 Å². The zero-order chi connectivity index (χ0) is 38.2. The van der Waals surface area contributed by atoms with Crippen LogP contribution in [0.5, 0.6) is 0 Å². The fourth-order valence-electron chi connectivity index (χ4n) is 5.63. The van der Waals surface area contributed by atoms with Crippen molar-refractivity contribution < 1.29 is 49.9 Å². The van der Waals surface area contributed by atoms with Crippen molar-refractivity contribution in [1.29, 1.82) is 5.26 Å². The molecule has 5 rings (SSSR count). The van der Waals surface area contributed by atoms with Gasteiger partial charge in [-0.2, -0.15) is 10.3 Å². The minimum absolute atomic E-state index is 0. The van der Waals surface area contributed by atoms with Gasteiger partial charge in [0.2, 0.25) is 6.34 Å². The van der Waals surface area contributed by atoms with Crippen molar-refractivity contribution in [2.24, 2.45) is 10.1 Å².